The van der Waals surface area contributed by atoms with Gasteiger partial charge in [0.2, 0.25) is 5.91 Å². The fraction of sp³-hybridized carbons (Fsp3) is 0.923. The minimum atomic E-state index is 0.0346. The van der Waals surface area contributed by atoms with Gasteiger partial charge in [-0.1, -0.05) is 26.7 Å². The maximum Gasteiger partial charge on any atom is 0.234 e. The second-order valence-corrected chi connectivity index (χ2v) is 4.67. The molecule has 0 rings (SSSR count). The summed E-state index contributed by atoms with van der Waals surface area (Å²) in [5.41, 5.74) is 0. The van der Waals surface area contributed by atoms with Crippen molar-refractivity contribution in [2.45, 2.75) is 52.6 Å². The van der Waals surface area contributed by atoms with Crippen LogP contribution in [-0.2, 0) is 9.53 Å². The van der Waals surface area contributed by atoms with Gasteiger partial charge in [0.25, 0.3) is 0 Å². The van der Waals surface area contributed by atoms with E-state index in [0.717, 1.165) is 12.8 Å². The summed E-state index contributed by atoms with van der Waals surface area (Å²) in [6.07, 6.45) is 2.29. The number of ether oxygens (including phenoxy) is 1. The van der Waals surface area contributed by atoms with Gasteiger partial charge in [-0.25, -0.2) is 0 Å². The van der Waals surface area contributed by atoms with Crippen LogP contribution in [0.3, 0.4) is 0 Å². The molecule has 0 spiro atoms. The summed E-state index contributed by atoms with van der Waals surface area (Å²) in [4.78, 5) is 11.6. The predicted octanol–water partition coefficient (Wildman–Crippen LogP) is 1.55. The van der Waals surface area contributed by atoms with E-state index in [-0.39, 0.29) is 11.9 Å². The van der Waals surface area contributed by atoms with E-state index in [1.54, 1.807) is 7.11 Å². The first-order valence-corrected chi connectivity index (χ1v) is 6.56. The van der Waals surface area contributed by atoms with Gasteiger partial charge in [-0.15, -0.1) is 0 Å². The number of rotatable bonds is 9. The third-order valence-electron chi connectivity index (χ3n) is 3.16. The molecule has 2 N–H and O–H groups in total. The van der Waals surface area contributed by atoms with Gasteiger partial charge >= 0.3 is 0 Å². The summed E-state index contributed by atoms with van der Waals surface area (Å²) in [5.74, 6) is 0.673. The predicted molar refractivity (Wildman–Crippen MR) is 71.0 cm³/mol. The second kappa shape index (κ2) is 9.42. The van der Waals surface area contributed by atoms with Gasteiger partial charge in [0.1, 0.15) is 0 Å². The first-order chi connectivity index (χ1) is 8.04. The van der Waals surface area contributed by atoms with Gasteiger partial charge in [-0.05, 0) is 19.8 Å². The van der Waals surface area contributed by atoms with Crippen molar-refractivity contribution in [3.63, 3.8) is 0 Å². The topological polar surface area (TPSA) is 50.4 Å². The molecular weight excluding hydrogens is 216 g/mol. The molecule has 4 heteroatoms. The summed E-state index contributed by atoms with van der Waals surface area (Å²) >= 11 is 0. The Morgan fingerprint density at radius 1 is 1.24 bits per heavy atom. The van der Waals surface area contributed by atoms with Crippen LogP contribution in [0.4, 0.5) is 0 Å². The van der Waals surface area contributed by atoms with Crippen LogP contribution in [0.5, 0.6) is 0 Å². The first kappa shape index (κ1) is 16.4. The molecule has 0 heterocycles. The molecular formula is C13H28N2O2. The van der Waals surface area contributed by atoms with Crippen molar-refractivity contribution in [2.75, 3.05) is 20.3 Å². The lowest BCUT2D eigenvalue weighted by atomic mass is 9.95. The van der Waals surface area contributed by atoms with Crippen molar-refractivity contribution in [1.82, 2.24) is 10.6 Å². The van der Waals surface area contributed by atoms with Gasteiger partial charge in [-0.3, -0.25) is 4.79 Å². The molecule has 4 nitrogen and oxygen atoms in total. The Kier molecular flexibility index (Phi) is 9.09. The van der Waals surface area contributed by atoms with Gasteiger partial charge in [0.15, 0.2) is 0 Å². The average Bonchev–Trinajstić information content (AvgIpc) is 2.28. The number of carbonyl (C=O) groups excluding carboxylic acids is 1. The zero-order chi connectivity index (χ0) is 13.3. The quantitative estimate of drug-likeness (QED) is 0.647. The van der Waals surface area contributed by atoms with Crippen molar-refractivity contribution >= 4 is 5.91 Å². The Morgan fingerprint density at radius 2 is 1.82 bits per heavy atom. The third-order valence-corrected chi connectivity index (χ3v) is 3.16. The Balaban J connectivity index is 3.83. The van der Waals surface area contributed by atoms with E-state index in [0.29, 0.717) is 25.1 Å². The smallest absolute Gasteiger partial charge is 0.234 e. The van der Waals surface area contributed by atoms with Gasteiger partial charge in [-0.2, -0.15) is 0 Å². The average molecular weight is 244 g/mol. The Hall–Kier alpha value is -0.610. The summed E-state index contributed by atoms with van der Waals surface area (Å²) in [6, 6.07) is 0.450. The Labute approximate surface area is 105 Å². The number of amides is 1. The highest BCUT2D eigenvalue weighted by Crippen LogP contribution is 2.11. The third kappa shape index (κ3) is 7.34. The monoisotopic (exact) mass is 244 g/mol. The lowest BCUT2D eigenvalue weighted by Gasteiger charge is -2.22. The number of hydrogen-bond donors (Lipinski definition) is 2. The molecule has 0 bridgehead atoms. The highest BCUT2D eigenvalue weighted by Gasteiger charge is 2.14. The summed E-state index contributed by atoms with van der Waals surface area (Å²) < 4.78 is 4.97. The maximum atomic E-state index is 11.6. The fourth-order valence-electron chi connectivity index (χ4n) is 2.03. The van der Waals surface area contributed by atoms with E-state index in [1.165, 1.54) is 0 Å². The number of nitrogens with one attached hydrogen (secondary N) is 2. The molecule has 2 unspecified atom stereocenters. The van der Waals surface area contributed by atoms with Crippen LogP contribution in [0.1, 0.15) is 40.5 Å². The van der Waals surface area contributed by atoms with Crippen LogP contribution < -0.4 is 10.6 Å². The van der Waals surface area contributed by atoms with Crippen molar-refractivity contribution in [3.8, 4) is 0 Å². The van der Waals surface area contributed by atoms with Crippen molar-refractivity contribution < 1.29 is 9.53 Å². The molecule has 0 aliphatic carbocycles. The molecule has 102 valence electrons. The lowest BCUT2D eigenvalue weighted by molar-refractivity contribution is -0.121. The van der Waals surface area contributed by atoms with E-state index in [4.69, 9.17) is 4.74 Å². The van der Waals surface area contributed by atoms with Crippen LogP contribution in [0, 0.1) is 5.92 Å². The van der Waals surface area contributed by atoms with E-state index in [1.807, 2.05) is 6.92 Å². The number of methoxy groups -OCH3 is 1. The van der Waals surface area contributed by atoms with Crippen LogP contribution >= 0.6 is 0 Å². The Morgan fingerprint density at radius 3 is 2.29 bits per heavy atom. The molecule has 0 saturated carbocycles. The van der Waals surface area contributed by atoms with Crippen LogP contribution in [0.2, 0.25) is 0 Å². The highest BCUT2D eigenvalue weighted by molar-refractivity contribution is 5.78. The molecule has 2 atom stereocenters. The van der Waals surface area contributed by atoms with E-state index >= 15 is 0 Å². The van der Waals surface area contributed by atoms with Gasteiger partial charge in [0.05, 0.1) is 13.2 Å². The van der Waals surface area contributed by atoms with Gasteiger partial charge < -0.3 is 15.4 Å². The standard InChI is InChI=1S/C13H28N2O2/c1-6-12(7-2)11(4)14-8-13(16)15-10(3)9-17-5/h10-12,14H,6-9H2,1-5H3,(H,15,16). The van der Waals surface area contributed by atoms with E-state index in [9.17, 15) is 4.79 Å². The first-order valence-electron chi connectivity index (χ1n) is 6.56. The van der Waals surface area contributed by atoms with Gasteiger partial charge in [0, 0.05) is 19.2 Å². The second-order valence-electron chi connectivity index (χ2n) is 4.67. The van der Waals surface area contributed by atoms with E-state index in [2.05, 4.69) is 31.4 Å². The van der Waals surface area contributed by atoms with Crippen molar-refractivity contribution in [2.24, 2.45) is 5.92 Å². The van der Waals surface area contributed by atoms with Crippen LogP contribution in [0.15, 0.2) is 0 Å². The highest BCUT2D eigenvalue weighted by atomic mass is 16.5. The molecule has 0 aliphatic heterocycles. The van der Waals surface area contributed by atoms with Crippen LogP contribution in [-0.4, -0.2) is 38.3 Å². The molecule has 0 aromatic carbocycles. The molecule has 17 heavy (non-hydrogen) atoms. The maximum absolute atomic E-state index is 11.6. The SMILES string of the molecule is CCC(CC)C(C)NCC(=O)NC(C)COC. The molecule has 0 saturated heterocycles. The normalized spacial score (nSPS) is 14.7. The zero-order valence-corrected chi connectivity index (χ0v) is 11.9. The number of hydrogen-bond acceptors (Lipinski definition) is 3. The zero-order valence-electron chi connectivity index (χ0n) is 11.9. The van der Waals surface area contributed by atoms with Crippen molar-refractivity contribution in [1.29, 1.82) is 0 Å². The summed E-state index contributed by atoms with van der Waals surface area (Å²) in [7, 11) is 1.63. The minimum absolute atomic E-state index is 0.0346. The minimum Gasteiger partial charge on any atom is -0.383 e. The molecule has 1 amide bonds. The number of carbonyl (C=O) groups is 1. The van der Waals surface area contributed by atoms with E-state index < -0.39 is 0 Å². The summed E-state index contributed by atoms with van der Waals surface area (Å²) in [6.45, 7) is 9.38. The summed E-state index contributed by atoms with van der Waals surface area (Å²) in [5, 5.41) is 6.16. The molecule has 0 aromatic heterocycles. The molecule has 0 radical (unpaired) electrons. The Bertz CT molecular complexity index is 206. The molecule has 0 fully saturated rings. The lowest BCUT2D eigenvalue weighted by Crippen LogP contribution is -2.44. The fourth-order valence-corrected chi connectivity index (χ4v) is 2.03. The largest absolute Gasteiger partial charge is 0.383 e. The van der Waals surface area contributed by atoms with Crippen LogP contribution in [0.25, 0.3) is 0 Å². The van der Waals surface area contributed by atoms with Crippen molar-refractivity contribution in [3.05, 3.63) is 0 Å². The molecule has 0 aliphatic rings. The molecule has 0 aromatic rings.